The fourth-order valence-electron chi connectivity index (χ4n) is 2.56. The second-order valence-corrected chi connectivity index (χ2v) is 8.26. The molecule has 0 aliphatic heterocycles. The molecular weight excluding hydrogens is 396 g/mol. The zero-order valence-corrected chi connectivity index (χ0v) is 16.5. The molecule has 0 aliphatic carbocycles. The molecule has 10 heteroatoms. The monoisotopic (exact) mass is 414 g/mol. The third kappa shape index (κ3) is 4.73. The standard InChI is InChI=1S/C19H18N4O5S/c1-13(24)14-6-8-17(9-7-14)29(26,27)23(2)11-18(25)21-16-5-3-4-15(10-16)19-22-20-12-28-19/h3-10,12H,11H2,1-2H3,(H,21,25). The van der Waals surface area contributed by atoms with Gasteiger partial charge >= 0.3 is 0 Å². The molecule has 1 amide bonds. The number of nitrogens with zero attached hydrogens (tertiary/aromatic N) is 3. The average molecular weight is 414 g/mol. The first-order valence-corrected chi connectivity index (χ1v) is 9.95. The zero-order valence-electron chi connectivity index (χ0n) is 15.7. The first-order chi connectivity index (χ1) is 13.8. The molecule has 150 valence electrons. The third-order valence-corrected chi connectivity index (χ3v) is 5.91. The molecule has 9 nitrogen and oxygen atoms in total. The third-order valence-electron chi connectivity index (χ3n) is 4.09. The normalized spacial score (nSPS) is 11.4. The highest BCUT2D eigenvalue weighted by molar-refractivity contribution is 7.89. The van der Waals surface area contributed by atoms with Crippen molar-refractivity contribution in [2.45, 2.75) is 11.8 Å². The Labute approximate surface area is 167 Å². The molecule has 3 rings (SSSR count). The molecule has 1 N–H and O–H groups in total. The van der Waals surface area contributed by atoms with Crippen molar-refractivity contribution < 1.29 is 22.4 Å². The largest absolute Gasteiger partial charge is 0.423 e. The number of nitrogens with one attached hydrogen (secondary N) is 1. The Morgan fingerprint density at radius 3 is 2.48 bits per heavy atom. The number of likely N-dealkylation sites (N-methyl/N-ethyl adjacent to an activating group) is 1. The van der Waals surface area contributed by atoms with Crippen LogP contribution in [0.4, 0.5) is 5.69 Å². The van der Waals surface area contributed by atoms with Crippen LogP contribution in [0.15, 0.2) is 64.2 Å². The summed E-state index contributed by atoms with van der Waals surface area (Å²) >= 11 is 0. The highest BCUT2D eigenvalue weighted by Gasteiger charge is 2.23. The van der Waals surface area contributed by atoms with Crippen molar-refractivity contribution in [1.82, 2.24) is 14.5 Å². The summed E-state index contributed by atoms with van der Waals surface area (Å²) in [5.41, 5.74) is 1.49. The highest BCUT2D eigenvalue weighted by Crippen LogP contribution is 2.20. The van der Waals surface area contributed by atoms with Crippen LogP contribution in [0.1, 0.15) is 17.3 Å². The molecule has 0 aliphatic rings. The van der Waals surface area contributed by atoms with Crippen molar-refractivity contribution in [1.29, 1.82) is 0 Å². The summed E-state index contributed by atoms with van der Waals surface area (Å²) in [7, 11) is -2.58. The molecule has 0 unspecified atom stereocenters. The summed E-state index contributed by atoms with van der Waals surface area (Å²) < 4.78 is 31.3. The number of benzene rings is 2. The van der Waals surface area contributed by atoms with Gasteiger partial charge in [-0.25, -0.2) is 8.42 Å². The van der Waals surface area contributed by atoms with Crippen molar-refractivity contribution in [3.05, 3.63) is 60.5 Å². The van der Waals surface area contributed by atoms with Crippen molar-refractivity contribution in [3.63, 3.8) is 0 Å². The van der Waals surface area contributed by atoms with Gasteiger partial charge in [-0.1, -0.05) is 18.2 Å². The van der Waals surface area contributed by atoms with E-state index in [9.17, 15) is 18.0 Å². The lowest BCUT2D eigenvalue weighted by molar-refractivity contribution is -0.116. The average Bonchev–Trinajstić information content (AvgIpc) is 3.23. The van der Waals surface area contributed by atoms with Crippen LogP contribution in [0.5, 0.6) is 0 Å². The fourth-order valence-corrected chi connectivity index (χ4v) is 3.69. The van der Waals surface area contributed by atoms with Gasteiger partial charge < -0.3 is 9.73 Å². The summed E-state index contributed by atoms with van der Waals surface area (Å²) in [5, 5.41) is 10.0. The number of ketones is 1. The van der Waals surface area contributed by atoms with E-state index in [4.69, 9.17) is 4.42 Å². The minimum Gasteiger partial charge on any atom is -0.423 e. The van der Waals surface area contributed by atoms with Gasteiger partial charge in [0.2, 0.25) is 28.2 Å². The van der Waals surface area contributed by atoms with Crippen LogP contribution in [0, 0.1) is 0 Å². The van der Waals surface area contributed by atoms with Gasteiger partial charge in [0.25, 0.3) is 0 Å². The van der Waals surface area contributed by atoms with Crippen LogP contribution in [-0.2, 0) is 14.8 Å². The molecule has 0 bridgehead atoms. The van der Waals surface area contributed by atoms with Crippen LogP contribution in [0.3, 0.4) is 0 Å². The Morgan fingerprint density at radius 1 is 1.14 bits per heavy atom. The number of rotatable bonds is 7. The van der Waals surface area contributed by atoms with Crippen LogP contribution in [-0.4, -0.2) is 48.2 Å². The van der Waals surface area contributed by atoms with Gasteiger partial charge in [0.05, 0.1) is 11.4 Å². The molecule has 29 heavy (non-hydrogen) atoms. The van der Waals surface area contributed by atoms with E-state index in [1.54, 1.807) is 24.3 Å². The summed E-state index contributed by atoms with van der Waals surface area (Å²) in [6, 6.07) is 12.3. The van der Waals surface area contributed by atoms with Gasteiger partial charge in [0.1, 0.15) is 0 Å². The number of carbonyl (C=O) groups is 2. The molecule has 0 saturated carbocycles. The minimum absolute atomic E-state index is 0.00353. The molecule has 0 radical (unpaired) electrons. The number of Topliss-reactive ketones (excluding diaryl/α,β-unsaturated/α-hetero) is 1. The van der Waals surface area contributed by atoms with Gasteiger partial charge in [-0.05, 0) is 37.3 Å². The smallest absolute Gasteiger partial charge is 0.247 e. The Kier molecular flexibility index (Phi) is 5.85. The first kappa shape index (κ1) is 20.4. The molecule has 0 saturated heterocycles. The number of anilines is 1. The van der Waals surface area contributed by atoms with Gasteiger partial charge in [-0.3, -0.25) is 9.59 Å². The fraction of sp³-hybridized carbons (Fsp3) is 0.158. The molecular formula is C19H18N4O5S. The number of sulfonamides is 1. The summed E-state index contributed by atoms with van der Waals surface area (Å²) in [5.74, 6) is -0.377. The minimum atomic E-state index is -3.88. The van der Waals surface area contributed by atoms with E-state index >= 15 is 0 Å². The molecule has 0 fully saturated rings. The predicted octanol–water partition coefficient (Wildman–Crippen LogP) is 2.20. The quantitative estimate of drug-likeness (QED) is 0.588. The maximum absolute atomic E-state index is 12.6. The summed E-state index contributed by atoms with van der Waals surface area (Å²) in [6.45, 7) is 1.01. The van der Waals surface area contributed by atoms with Crippen molar-refractivity contribution >= 4 is 27.4 Å². The number of hydrogen-bond donors (Lipinski definition) is 1. The molecule has 0 spiro atoms. The van der Waals surface area contributed by atoms with Crippen LogP contribution in [0.25, 0.3) is 11.5 Å². The van der Waals surface area contributed by atoms with Gasteiger partial charge in [-0.2, -0.15) is 4.31 Å². The maximum Gasteiger partial charge on any atom is 0.247 e. The summed E-state index contributed by atoms with van der Waals surface area (Å²) in [6.07, 6.45) is 1.20. The SMILES string of the molecule is CC(=O)c1ccc(S(=O)(=O)N(C)CC(=O)Nc2cccc(-c3nnco3)c2)cc1. The van der Waals surface area contributed by atoms with Gasteiger partial charge in [0, 0.05) is 23.9 Å². The summed E-state index contributed by atoms with van der Waals surface area (Å²) in [4.78, 5) is 23.7. The Hall–Kier alpha value is -3.37. The van der Waals surface area contributed by atoms with E-state index in [1.165, 1.54) is 44.6 Å². The van der Waals surface area contributed by atoms with E-state index < -0.39 is 15.9 Å². The van der Waals surface area contributed by atoms with E-state index in [0.29, 0.717) is 22.7 Å². The number of amides is 1. The van der Waals surface area contributed by atoms with Crippen LogP contribution in [0.2, 0.25) is 0 Å². The molecule has 2 aromatic carbocycles. The highest BCUT2D eigenvalue weighted by atomic mass is 32.2. The second kappa shape index (κ2) is 8.33. The Bertz CT molecular complexity index is 1130. The lowest BCUT2D eigenvalue weighted by Gasteiger charge is -2.17. The van der Waals surface area contributed by atoms with Gasteiger partial charge in [0.15, 0.2) is 5.78 Å². The number of aromatic nitrogens is 2. The maximum atomic E-state index is 12.6. The van der Waals surface area contributed by atoms with E-state index in [2.05, 4.69) is 15.5 Å². The Balaban J connectivity index is 1.68. The van der Waals surface area contributed by atoms with Crippen molar-refractivity contribution in [3.8, 4) is 11.5 Å². The number of carbonyl (C=O) groups excluding carboxylic acids is 2. The van der Waals surface area contributed by atoms with Crippen LogP contribution >= 0.6 is 0 Å². The van der Waals surface area contributed by atoms with E-state index in [1.807, 2.05) is 0 Å². The molecule has 0 atom stereocenters. The van der Waals surface area contributed by atoms with Crippen LogP contribution < -0.4 is 5.32 Å². The molecule has 1 heterocycles. The predicted molar refractivity (Wildman–Crippen MR) is 105 cm³/mol. The van der Waals surface area contributed by atoms with Crippen molar-refractivity contribution in [2.24, 2.45) is 0 Å². The van der Waals surface area contributed by atoms with Crippen molar-refractivity contribution in [2.75, 3.05) is 18.9 Å². The lowest BCUT2D eigenvalue weighted by Crippen LogP contribution is -2.35. The Morgan fingerprint density at radius 2 is 1.86 bits per heavy atom. The van der Waals surface area contributed by atoms with E-state index in [0.717, 1.165) is 4.31 Å². The van der Waals surface area contributed by atoms with Gasteiger partial charge in [-0.15, -0.1) is 10.2 Å². The lowest BCUT2D eigenvalue weighted by atomic mass is 10.2. The van der Waals surface area contributed by atoms with E-state index in [-0.39, 0.29) is 17.2 Å². The number of hydrogen-bond acceptors (Lipinski definition) is 7. The first-order valence-electron chi connectivity index (χ1n) is 8.51. The molecule has 1 aromatic heterocycles. The zero-order chi connectivity index (χ0) is 21.0. The topological polar surface area (TPSA) is 122 Å². The second-order valence-electron chi connectivity index (χ2n) is 6.21. The molecule has 3 aromatic rings.